The van der Waals surface area contributed by atoms with Gasteiger partial charge in [-0.15, -0.1) is 0 Å². The van der Waals surface area contributed by atoms with Crippen LogP contribution in [0.15, 0.2) is 35.3 Å². The van der Waals surface area contributed by atoms with Crippen LogP contribution in [0, 0.1) is 0 Å². The molecule has 1 atom stereocenters. The Morgan fingerprint density at radius 3 is 2.33 bits per heavy atom. The highest BCUT2D eigenvalue weighted by Gasteiger charge is 2.58. The van der Waals surface area contributed by atoms with Crippen LogP contribution in [0.5, 0.6) is 0 Å². The summed E-state index contributed by atoms with van der Waals surface area (Å²) < 4.78 is 5.35. The molecule has 1 aliphatic heterocycles. The molecule has 1 heterocycles. The number of benzene rings is 1. The maximum Gasteiger partial charge on any atom is 0.294 e. The van der Waals surface area contributed by atoms with Gasteiger partial charge in [-0.1, -0.05) is 18.2 Å². The van der Waals surface area contributed by atoms with Gasteiger partial charge in [0, 0.05) is 18.4 Å². The van der Waals surface area contributed by atoms with E-state index in [9.17, 15) is 19.5 Å². The van der Waals surface area contributed by atoms with Gasteiger partial charge in [0.05, 0.1) is 0 Å². The summed E-state index contributed by atoms with van der Waals surface area (Å²) in [7, 11) is 0. The number of nitrogens with zero attached hydrogens (tertiary/aromatic N) is 1. The van der Waals surface area contributed by atoms with Gasteiger partial charge >= 0.3 is 0 Å². The predicted octanol–water partition coefficient (Wildman–Crippen LogP) is 0.412. The number of rotatable bonds is 2. The van der Waals surface area contributed by atoms with Crippen molar-refractivity contribution in [3.05, 3.63) is 35.9 Å². The Morgan fingerprint density at radius 1 is 1.10 bits per heavy atom. The summed E-state index contributed by atoms with van der Waals surface area (Å²) >= 11 is 0. The highest BCUT2D eigenvalue weighted by atomic mass is 16.5. The van der Waals surface area contributed by atoms with Gasteiger partial charge in [-0.25, -0.2) is 0 Å². The number of ketones is 2. The predicted molar refractivity (Wildman–Crippen MR) is 71.7 cm³/mol. The number of ether oxygens (including phenoxy) is 1. The fraction of sp³-hybridized carbons (Fsp3) is 0.333. The van der Waals surface area contributed by atoms with E-state index in [1.165, 1.54) is 0 Å². The molecule has 108 valence electrons. The van der Waals surface area contributed by atoms with E-state index in [4.69, 9.17) is 4.74 Å². The molecule has 0 spiro atoms. The van der Waals surface area contributed by atoms with Crippen molar-refractivity contribution < 1.29 is 24.2 Å². The average Bonchev–Trinajstić information content (AvgIpc) is 2.88. The zero-order chi connectivity index (χ0) is 15.0. The van der Waals surface area contributed by atoms with Crippen molar-refractivity contribution in [1.29, 1.82) is 0 Å². The third kappa shape index (κ3) is 2.08. The van der Waals surface area contributed by atoms with Crippen LogP contribution in [0.25, 0.3) is 0 Å². The number of aliphatic imine (C=N–C) groups is 1. The van der Waals surface area contributed by atoms with Crippen molar-refractivity contribution >= 4 is 23.4 Å². The summed E-state index contributed by atoms with van der Waals surface area (Å²) in [4.78, 5) is 39.6. The molecule has 1 fully saturated rings. The lowest BCUT2D eigenvalue weighted by Gasteiger charge is -2.31. The van der Waals surface area contributed by atoms with E-state index in [1.54, 1.807) is 30.3 Å². The van der Waals surface area contributed by atoms with Crippen LogP contribution in [0.3, 0.4) is 0 Å². The maximum absolute atomic E-state index is 12.0. The average molecular weight is 287 g/mol. The Morgan fingerprint density at radius 2 is 1.71 bits per heavy atom. The SMILES string of the molecule is O=C1N=C(c2ccccc2)OC1C1(O)C(=O)CCCC1=O. The summed E-state index contributed by atoms with van der Waals surface area (Å²) in [6, 6.07) is 8.64. The quantitative estimate of drug-likeness (QED) is 0.795. The molecule has 6 nitrogen and oxygen atoms in total. The van der Waals surface area contributed by atoms with Gasteiger partial charge in [0.25, 0.3) is 5.91 Å². The third-order valence-electron chi connectivity index (χ3n) is 3.72. The second-order valence-corrected chi connectivity index (χ2v) is 5.09. The Balaban J connectivity index is 1.91. The van der Waals surface area contributed by atoms with Gasteiger partial charge in [-0.3, -0.25) is 14.4 Å². The normalized spacial score (nSPS) is 24.7. The van der Waals surface area contributed by atoms with Crippen molar-refractivity contribution in [3.63, 3.8) is 0 Å². The van der Waals surface area contributed by atoms with Gasteiger partial charge in [0.15, 0.2) is 11.6 Å². The van der Waals surface area contributed by atoms with Gasteiger partial charge in [0.2, 0.25) is 17.6 Å². The minimum Gasteiger partial charge on any atom is -0.459 e. The van der Waals surface area contributed by atoms with Crippen molar-refractivity contribution in [2.75, 3.05) is 0 Å². The van der Waals surface area contributed by atoms with E-state index in [0.29, 0.717) is 12.0 Å². The van der Waals surface area contributed by atoms with Gasteiger partial charge < -0.3 is 9.84 Å². The Hall–Kier alpha value is -2.34. The molecule has 1 aromatic rings. The Kier molecular flexibility index (Phi) is 3.17. The van der Waals surface area contributed by atoms with E-state index in [2.05, 4.69) is 4.99 Å². The van der Waals surface area contributed by atoms with Crippen molar-refractivity contribution in [3.8, 4) is 0 Å². The molecule has 0 aromatic heterocycles. The van der Waals surface area contributed by atoms with Crippen LogP contribution >= 0.6 is 0 Å². The topological polar surface area (TPSA) is 93.0 Å². The van der Waals surface area contributed by atoms with Crippen molar-refractivity contribution in [2.24, 2.45) is 4.99 Å². The standard InChI is InChI=1S/C15H13NO5/c17-10-7-4-8-11(18)15(10,20)12-13(19)16-14(21-12)9-5-2-1-3-6-9/h1-3,5-6,12,20H,4,7-8H2. The number of carbonyl (C=O) groups excluding carboxylic acids is 3. The molecule has 0 saturated heterocycles. The molecule has 2 aliphatic rings. The molecule has 6 heteroatoms. The van der Waals surface area contributed by atoms with Crippen molar-refractivity contribution in [2.45, 2.75) is 31.0 Å². The first-order valence-electron chi connectivity index (χ1n) is 6.67. The molecule has 1 saturated carbocycles. The van der Waals surface area contributed by atoms with E-state index >= 15 is 0 Å². The number of amides is 1. The Labute approximate surface area is 120 Å². The molecule has 1 N–H and O–H groups in total. The van der Waals surface area contributed by atoms with Crippen LogP contribution in [-0.2, 0) is 19.1 Å². The van der Waals surface area contributed by atoms with Crippen LogP contribution in [0.2, 0.25) is 0 Å². The first kappa shape index (κ1) is 13.6. The first-order chi connectivity index (χ1) is 10.0. The fourth-order valence-corrected chi connectivity index (χ4v) is 2.56. The molecule has 0 radical (unpaired) electrons. The molecule has 1 aromatic carbocycles. The number of hydrogen-bond acceptors (Lipinski definition) is 5. The second-order valence-electron chi connectivity index (χ2n) is 5.09. The van der Waals surface area contributed by atoms with E-state index in [-0.39, 0.29) is 18.7 Å². The largest absolute Gasteiger partial charge is 0.459 e. The second kappa shape index (κ2) is 4.89. The van der Waals surface area contributed by atoms with Crippen LogP contribution < -0.4 is 0 Å². The smallest absolute Gasteiger partial charge is 0.294 e. The molecule has 1 amide bonds. The third-order valence-corrected chi connectivity index (χ3v) is 3.72. The number of aliphatic hydroxyl groups is 1. The lowest BCUT2D eigenvalue weighted by atomic mass is 9.78. The highest BCUT2D eigenvalue weighted by Crippen LogP contribution is 2.30. The summed E-state index contributed by atoms with van der Waals surface area (Å²) in [5.41, 5.74) is -1.86. The highest BCUT2D eigenvalue weighted by molar-refractivity contribution is 6.19. The zero-order valence-corrected chi connectivity index (χ0v) is 11.1. The number of carbonyl (C=O) groups is 3. The van der Waals surface area contributed by atoms with Crippen molar-refractivity contribution in [1.82, 2.24) is 0 Å². The van der Waals surface area contributed by atoms with E-state index < -0.39 is 29.2 Å². The van der Waals surface area contributed by atoms with Crippen LogP contribution in [0.4, 0.5) is 0 Å². The minimum absolute atomic E-state index is 0.0187. The molecular formula is C15H13NO5. The van der Waals surface area contributed by atoms with Gasteiger partial charge in [0.1, 0.15) is 0 Å². The minimum atomic E-state index is -2.41. The maximum atomic E-state index is 12.0. The number of Topliss-reactive ketones (excluding diaryl/α,β-unsaturated/α-hetero) is 2. The molecule has 21 heavy (non-hydrogen) atoms. The lowest BCUT2D eigenvalue weighted by molar-refractivity contribution is -0.168. The monoisotopic (exact) mass is 287 g/mol. The number of hydrogen-bond donors (Lipinski definition) is 1. The summed E-state index contributed by atoms with van der Waals surface area (Å²) in [5.74, 6) is -2.15. The molecule has 1 aliphatic carbocycles. The summed E-state index contributed by atoms with van der Waals surface area (Å²) in [5, 5.41) is 10.4. The Bertz CT molecular complexity index is 633. The summed E-state index contributed by atoms with van der Waals surface area (Å²) in [6.07, 6.45) is -1.09. The lowest BCUT2D eigenvalue weighted by Crippen LogP contribution is -2.60. The fourth-order valence-electron chi connectivity index (χ4n) is 2.56. The molecule has 3 rings (SSSR count). The molecule has 1 unspecified atom stereocenters. The van der Waals surface area contributed by atoms with Crippen LogP contribution in [-0.4, -0.2) is 40.2 Å². The van der Waals surface area contributed by atoms with E-state index in [0.717, 1.165) is 0 Å². The first-order valence-corrected chi connectivity index (χ1v) is 6.67. The summed E-state index contributed by atoms with van der Waals surface area (Å²) in [6.45, 7) is 0. The zero-order valence-electron chi connectivity index (χ0n) is 11.1. The molecule has 0 bridgehead atoms. The molecular weight excluding hydrogens is 274 g/mol. The van der Waals surface area contributed by atoms with Gasteiger partial charge in [-0.2, -0.15) is 4.99 Å². The van der Waals surface area contributed by atoms with Crippen LogP contribution in [0.1, 0.15) is 24.8 Å². The van der Waals surface area contributed by atoms with E-state index in [1.807, 2.05) is 0 Å². The van der Waals surface area contributed by atoms with Gasteiger partial charge in [-0.05, 0) is 18.6 Å².